The summed E-state index contributed by atoms with van der Waals surface area (Å²) in [5.74, 6) is 1.67. The molecule has 0 aliphatic rings. The molecule has 4 aromatic rings. The zero-order chi connectivity index (χ0) is 19.5. The van der Waals surface area contributed by atoms with E-state index < -0.39 is 0 Å². The molecule has 0 amide bonds. The molecule has 0 aliphatic carbocycles. The largest absolute Gasteiger partial charge is 0.505 e. The van der Waals surface area contributed by atoms with Crippen molar-refractivity contribution in [2.75, 3.05) is 11.9 Å². The molecule has 2 N–H and O–H groups in total. The molecule has 28 heavy (non-hydrogen) atoms. The van der Waals surface area contributed by atoms with Crippen LogP contribution in [-0.4, -0.2) is 16.7 Å². The minimum absolute atomic E-state index is 0.154. The zero-order valence-corrected chi connectivity index (χ0v) is 15.8. The highest BCUT2D eigenvalue weighted by Gasteiger charge is 2.22. The van der Waals surface area contributed by atoms with Crippen molar-refractivity contribution >= 4 is 16.6 Å². The van der Waals surface area contributed by atoms with Crippen LogP contribution >= 0.6 is 0 Å². The minimum atomic E-state index is -0.361. The summed E-state index contributed by atoms with van der Waals surface area (Å²) in [6.07, 6.45) is 1.63. The van der Waals surface area contributed by atoms with Crippen LogP contribution in [0.25, 0.3) is 10.9 Å². The molecule has 1 unspecified atom stereocenters. The average Bonchev–Trinajstić information content (AvgIpc) is 3.23. The quantitative estimate of drug-likeness (QED) is 0.470. The number of phenols is 1. The topological polar surface area (TPSA) is 67.5 Å². The Bertz CT molecular complexity index is 1070. The number of pyridine rings is 1. The Labute approximate surface area is 163 Å². The maximum Gasteiger partial charge on any atom is 0.147 e. The molecule has 4 rings (SSSR count). The molecule has 0 spiro atoms. The van der Waals surface area contributed by atoms with E-state index in [0.29, 0.717) is 23.4 Å². The van der Waals surface area contributed by atoms with Crippen molar-refractivity contribution in [2.45, 2.75) is 19.9 Å². The van der Waals surface area contributed by atoms with E-state index >= 15 is 0 Å². The molecular weight excluding hydrogens is 352 g/mol. The van der Waals surface area contributed by atoms with Crippen LogP contribution in [0.4, 0.5) is 5.69 Å². The van der Waals surface area contributed by atoms with Gasteiger partial charge in [0.05, 0.1) is 12.9 Å². The highest BCUT2D eigenvalue weighted by Crippen LogP contribution is 2.37. The van der Waals surface area contributed by atoms with Gasteiger partial charge in [-0.05, 0) is 56.3 Å². The summed E-state index contributed by atoms with van der Waals surface area (Å²) in [6.45, 7) is 4.49. The van der Waals surface area contributed by atoms with Crippen LogP contribution in [0.1, 0.15) is 30.0 Å². The molecule has 5 heteroatoms. The Kier molecular flexibility index (Phi) is 4.89. The lowest BCUT2D eigenvalue weighted by molar-refractivity contribution is 0.340. The first kappa shape index (κ1) is 17.9. The van der Waals surface area contributed by atoms with Gasteiger partial charge >= 0.3 is 0 Å². The molecule has 0 aliphatic heterocycles. The molecule has 2 aromatic heterocycles. The molecule has 5 nitrogen and oxygen atoms in total. The third-order valence-corrected chi connectivity index (χ3v) is 4.62. The van der Waals surface area contributed by atoms with Crippen LogP contribution in [0.3, 0.4) is 0 Å². The number of fused-ring (bicyclic) bond motifs is 1. The smallest absolute Gasteiger partial charge is 0.147 e. The molecule has 0 saturated heterocycles. The molecular formula is C23H22N2O3. The first-order valence-corrected chi connectivity index (χ1v) is 9.27. The number of anilines is 1. The Morgan fingerprint density at radius 2 is 1.86 bits per heavy atom. The van der Waals surface area contributed by atoms with E-state index in [0.717, 1.165) is 22.5 Å². The van der Waals surface area contributed by atoms with Crippen LogP contribution in [0.15, 0.2) is 71.3 Å². The summed E-state index contributed by atoms with van der Waals surface area (Å²) < 4.78 is 11.2. The molecule has 0 saturated carbocycles. The predicted molar refractivity (Wildman–Crippen MR) is 110 cm³/mol. The highest BCUT2D eigenvalue weighted by atomic mass is 16.5. The van der Waals surface area contributed by atoms with Crippen molar-refractivity contribution in [1.29, 1.82) is 0 Å². The molecule has 0 bridgehead atoms. The van der Waals surface area contributed by atoms with E-state index in [-0.39, 0.29) is 11.8 Å². The first-order chi connectivity index (χ1) is 13.7. The molecule has 2 heterocycles. The van der Waals surface area contributed by atoms with Gasteiger partial charge in [0.25, 0.3) is 0 Å². The third kappa shape index (κ3) is 3.51. The zero-order valence-electron chi connectivity index (χ0n) is 15.8. The number of aryl methyl sites for hydroxylation is 1. The predicted octanol–water partition coefficient (Wildman–Crippen LogP) is 5.44. The number of phenolic OH excluding ortho intramolecular Hbond substituents is 1. The summed E-state index contributed by atoms with van der Waals surface area (Å²) >= 11 is 0. The van der Waals surface area contributed by atoms with Crippen LogP contribution < -0.4 is 10.1 Å². The fourth-order valence-corrected chi connectivity index (χ4v) is 3.26. The first-order valence-electron chi connectivity index (χ1n) is 9.27. The summed E-state index contributed by atoms with van der Waals surface area (Å²) in [4.78, 5) is 4.51. The number of furan rings is 1. The number of nitrogens with zero attached hydrogens (tertiary/aromatic N) is 1. The summed E-state index contributed by atoms with van der Waals surface area (Å²) in [6, 6.07) is 18.8. The normalized spacial score (nSPS) is 12.1. The van der Waals surface area contributed by atoms with Crippen LogP contribution in [0.5, 0.6) is 11.5 Å². The minimum Gasteiger partial charge on any atom is -0.505 e. The lowest BCUT2D eigenvalue weighted by Gasteiger charge is -2.20. The van der Waals surface area contributed by atoms with E-state index in [1.54, 1.807) is 6.26 Å². The number of hydrogen-bond donors (Lipinski definition) is 2. The van der Waals surface area contributed by atoms with Gasteiger partial charge in [-0.15, -0.1) is 0 Å². The van der Waals surface area contributed by atoms with Gasteiger partial charge in [0.15, 0.2) is 0 Å². The van der Waals surface area contributed by atoms with E-state index in [1.807, 2.05) is 74.5 Å². The number of rotatable bonds is 6. The molecule has 142 valence electrons. The molecule has 2 aromatic carbocycles. The van der Waals surface area contributed by atoms with Crippen molar-refractivity contribution in [3.05, 3.63) is 83.9 Å². The number of benzene rings is 2. The fourth-order valence-electron chi connectivity index (χ4n) is 3.26. The maximum atomic E-state index is 11.0. The molecule has 0 radical (unpaired) electrons. The molecule has 0 fully saturated rings. The second-order valence-electron chi connectivity index (χ2n) is 6.58. The lowest BCUT2D eigenvalue weighted by Crippen LogP contribution is -2.12. The lowest BCUT2D eigenvalue weighted by atomic mass is 10.00. The summed E-state index contributed by atoms with van der Waals surface area (Å²) in [5.41, 5.74) is 3.03. The SMILES string of the molecule is CCOc1ccc(NC(c2ccco2)c2ccc3ccc(C)nc3c2O)cc1. The summed E-state index contributed by atoms with van der Waals surface area (Å²) in [7, 11) is 0. The number of aromatic hydroxyl groups is 1. The van der Waals surface area contributed by atoms with Gasteiger partial charge in [-0.25, -0.2) is 4.98 Å². The van der Waals surface area contributed by atoms with Gasteiger partial charge in [-0.2, -0.15) is 0 Å². The van der Waals surface area contributed by atoms with Crippen LogP contribution in [0, 0.1) is 6.92 Å². The van der Waals surface area contributed by atoms with Crippen molar-refractivity contribution in [2.24, 2.45) is 0 Å². The van der Waals surface area contributed by atoms with Gasteiger partial charge < -0.3 is 19.6 Å². The number of nitrogens with one attached hydrogen (secondary N) is 1. The van der Waals surface area contributed by atoms with Crippen LogP contribution in [0.2, 0.25) is 0 Å². The van der Waals surface area contributed by atoms with Gasteiger partial charge in [0.1, 0.15) is 28.8 Å². The van der Waals surface area contributed by atoms with Crippen molar-refractivity contribution in [3.8, 4) is 11.5 Å². The van der Waals surface area contributed by atoms with Crippen molar-refractivity contribution < 1.29 is 14.3 Å². The van der Waals surface area contributed by atoms with Gasteiger partial charge in [0.2, 0.25) is 0 Å². The van der Waals surface area contributed by atoms with E-state index in [4.69, 9.17) is 9.15 Å². The second-order valence-corrected chi connectivity index (χ2v) is 6.58. The van der Waals surface area contributed by atoms with Crippen molar-refractivity contribution in [1.82, 2.24) is 4.98 Å². The summed E-state index contributed by atoms with van der Waals surface area (Å²) in [5, 5.41) is 15.3. The fraction of sp³-hybridized carbons (Fsp3) is 0.174. The van der Waals surface area contributed by atoms with Crippen LogP contribution in [-0.2, 0) is 0 Å². The Balaban J connectivity index is 1.75. The monoisotopic (exact) mass is 374 g/mol. The average molecular weight is 374 g/mol. The number of ether oxygens (including phenoxy) is 1. The van der Waals surface area contributed by atoms with Crippen molar-refractivity contribution in [3.63, 3.8) is 0 Å². The highest BCUT2D eigenvalue weighted by molar-refractivity contribution is 5.86. The van der Waals surface area contributed by atoms with Gasteiger partial charge in [-0.3, -0.25) is 0 Å². The van der Waals surface area contributed by atoms with E-state index in [2.05, 4.69) is 10.3 Å². The Morgan fingerprint density at radius 3 is 2.57 bits per heavy atom. The standard InChI is InChI=1S/C23H22N2O3/c1-3-27-18-11-9-17(10-12-18)25-22(20-5-4-14-28-20)19-13-8-16-7-6-15(2)24-21(16)23(19)26/h4-14,22,25-26H,3H2,1-2H3. The molecule has 1 atom stereocenters. The van der Waals surface area contributed by atoms with Gasteiger partial charge in [-0.1, -0.05) is 18.2 Å². The third-order valence-electron chi connectivity index (χ3n) is 4.62. The maximum absolute atomic E-state index is 11.0. The Morgan fingerprint density at radius 1 is 1.07 bits per heavy atom. The van der Waals surface area contributed by atoms with E-state index in [9.17, 15) is 5.11 Å². The van der Waals surface area contributed by atoms with Gasteiger partial charge in [0, 0.05) is 22.3 Å². The Hall–Kier alpha value is -3.47. The second kappa shape index (κ2) is 7.64. The number of aromatic nitrogens is 1. The van der Waals surface area contributed by atoms with E-state index in [1.165, 1.54) is 0 Å². The number of hydrogen-bond acceptors (Lipinski definition) is 5.